The lowest BCUT2D eigenvalue weighted by Crippen LogP contribution is -2.38. The van der Waals surface area contributed by atoms with Crippen molar-refractivity contribution >= 4 is 0 Å². The lowest BCUT2D eigenvalue weighted by Gasteiger charge is -2.38. The van der Waals surface area contributed by atoms with Crippen LogP contribution in [0.5, 0.6) is 5.75 Å². The van der Waals surface area contributed by atoms with Crippen LogP contribution in [0.3, 0.4) is 0 Å². The van der Waals surface area contributed by atoms with Gasteiger partial charge in [-0.1, -0.05) is 32.1 Å². The van der Waals surface area contributed by atoms with Crippen molar-refractivity contribution in [2.24, 2.45) is 11.8 Å². The molecule has 0 spiro atoms. The normalized spacial score (nSPS) is 27.9. The molecule has 1 aromatic carbocycles. The minimum atomic E-state index is -0.283. The molecular formula is C17H24O3. The van der Waals surface area contributed by atoms with Crippen molar-refractivity contribution < 1.29 is 14.2 Å². The van der Waals surface area contributed by atoms with Gasteiger partial charge in [0.25, 0.3) is 0 Å². The highest BCUT2D eigenvalue weighted by molar-refractivity contribution is 5.28. The first kappa shape index (κ1) is 15.1. The van der Waals surface area contributed by atoms with Crippen LogP contribution < -0.4 is 4.74 Å². The monoisotopic (exact) mass is 276 g/mol. The lowest BCUT2D eigenvalue weighted by molar-refractivity contribution is -0.249. The third-order valence-electron chi connectivity index (χ3n) is 3.84. The zero-order chi connectivity index (χ0) is 14.5. The molecule has 1 aromatic rings. The predicted octanol–water partition coefficient (Wildman–Crippen LogP) is 3.96. The first-order valence-corrected chi connectivity index (χ1v) is 7.17. The molecule has 1 aliphatic rings. The predicted molar refractivity (Wildman–Crippen MR) is 79.7 cm³/mol. The van der Waals surface area contributed by atoms with Gasteiger partial charge in [-0.25, -0.2) is 0 Å². The van der Waals surface area contributed by atoms with Gasteiger partial charge in [0.2, 0.25) is 0 Å². The molecule has 0 aliphatic carbocycles. The smallest absolute Gasteiger partial charge is 0.184 e. The summed E-state index contributed by atoms with van der Waals surface area (Å²) in [6.07, 6.45) is 2.84. The summed E-state index contributed by atoms with van der Waals surface area (Å²) >= 11 is 0. The second kappa shape index (κ2) is 6.91. The average Bonchev–Trinajstić information content (AvgIpc) is 2.48. The molecule has 2 rings (SSSR count). The Balaban J connectivity index is 2.07. The van der Waals surface area contributed by atoms with Gasteiger partial charge in [-0.05, 0) is 24.5 Å². The summed E-state index contributed by atoms with van der Waals surface area (Å²) in [7, 11) is 1.66. The van der Waals surface area contributed by atoms with E-state index >= 15 is 0 Å². The van der Waals surface area contributed by atoms with E-state index in [4.69, 9.17) is 14.2 Å². The van der Waals surface area contributed by atoms with Gasteiger partial charge < -0.3 is 14.2 Å². The summed E-state index contributed by atoms with van der Waals surface area (Å²) in [5.74, 6) is 1.70. The van der Waals surface area contributed by atoms with Crippen molar-refractivity contribution in [2.75, 3.05) is 13.7 Å². The second-order valence-electron chi connectivity index (χ2n) is 5.52. The Labute approximate surface area is 121 Å². The summed E-state index contributed by atoms with van der Waals surface area (Å²) in [5.41, 5.74) is 1.04. The Kier molecular flexibility index (Phi) is 5.21. The highest BCUT2D eigenvalue weighted by Gasteiger charge is 2.33. The largest absolute Gasteiger partial charge is 0.497 e. The maximum Gasteiger partial charge on any atom is 0.184 e. The van der Waals surface area contributed by atoms with E-state index in [9.17, 15) is 0 Å². The van der Waals surface area contributed by atoms with Gasteiger partial charge in [0.05, 0.1) is 19.8 Å². The van der Waals surface area contributed by atoms with Crippen molar-refractivity contribution in [2.45, 2.75) is 32.7 Å². The van der Waals surface area contributed by atoms with E-state index in [1.54, 1.807) is 7.11 Å². The second-order valence-corrected chi connectivity index (χ2v) is 5.52. The van der Waals surface area contributed by atoms with Crippen LogP contribution in [0.2, 0.25) is 0 Å². The van der Waals surface area contributed by atoms with Crippen molar-refractivity contribution in [3.8, 4) is 5.75 Å². The Morgan fingerprint density at radius 1 is 1.40 bits per heavy atom. The topological polar surface area (TPSA) is 27.7 Å². The summed E-state index contributed by atoms with van der Waals surface area (Å²) in [5, 5.41) is 0. The number of hydrogen-bond donors (Lipinski definition) is 0. The van der Waals surface area contributed by atoms with E-state index in [2.05, 4.69) is 20.4 Å². The molecule has 110 valence electrons. The SMILES string of the molecule is C=CC[C@H](C)[C@@H]1OC(c2ccc(OC)cc2)OC[C@@H]1C. The van der Waals surface area contributed by atoms with Crippen molar-refractivity contribution in [3.05, 3.63) is 42.5 Å². The molecule has 4 atom stereocenters. The van der Waals surface area contributed by atoms with Crippen LogP contribution in [0.4, 0.5) is 0 Å². The fourth-order valence-corrected chi connectivity index (χ4v) is 2.68. The first-order chi connectivity index (χ1) is 9.65. The zero-order valence-corrected chi connectivity index (χ0v) is 12.5. The highest BCUT2D eigenvalue weighted by Crippen LogP contribution is 2.34. The Hall–Kier alpha value is -1.32. The van der Waals surface area contributed by atoms with Crippen LogP contribution in [0.25, 0.3) is 0 Å². The standard InChI is InChI=1S/C17H24O3/c1-5-6-12(2)16-13(3)11-19-17(20-16)14-7-9-15(18-4)10-8-14/h5,7-10,12-13,16-17H,1,6,11H2,2-4H3/t12-,13-,16-,17?/m0/s1. The number of allylic oxidation sites excluding steroid dienone is 1. The molecule has 0 amide bonds. The number of rotatable bonds is 5. The first-order valence-electron chi connectivity index (χ1n) is 7.17. The molecule has 3 heteroatoms. The average molecular weight is 276 g/mol. The van der Waals surface area contributed by atoms with Crippen LogP contribution in [-0.4, -0.2) is 19.8 Å². The van der Waals surface area contributed by atoms with E-state index in [1.807, 2.05) is 30.3 Å². The van der Waals surface area contributed by atoms with Crippen molar-refractivity contribution in [3.63, 3.8) is 0 Å². The molecule has 20 heavy (non-hydrogen) atoms. The van der Waals surface area contributed by atoms with Crippen LogP contribution in [0.15, 0.2) is 36.9 Å². The molecular weight excluding hydrogens is 252 g/mol. The van der Waals surface area contributed by atoms with Crippen molar-refractivity contribution in [1.29, 1.82) is 0 Å². The number of hydrogen-bond acceptors (Lipinski definition) is 3. The Morgan fingerprint density at radius 3 is 2.70 bits per heavy atom. The van der Waals surface area contributed by atoms with Gasteiger partial charge in [0, 0.05) is 11.5 Å². The lowest BCUT2D eigenvalue weighted by atomic mass is 9.90. The van der Waals surface area contributed by atoms with Gasteiger partial charge in [-0.2, -0.15) is 0 Å². The maximum atomic E-state index is 6.16. The number of ether oxygens (including phenoxy) is 3. The fraction of sp³-hybridized carbons (Fsp3) is 0.529. The molecule has 0 saturated carbocycles. The minimum Gasteiger partial charge on any atom is -0.497 e. The van der Waals surface area contributed by atoms with E-state index in [0.717, 1.165) is 24.3 Å². The van der Waals surface area contributed by atoms with Crippen LogP contribution >= 0.6 is 0 Å². The van der Waals surface area contributed by atoms with Gasteiger partial charge >= 0.3 is 0 Å². The van der Waals surface area contributed by atoms with Crippen molar-refractivity contribution in [1.82, 2.24) is 0 Å². The highest BCUT2D eigenvalue weighted by atomic mass is 16.7. The molecule has 0 radical (unpaired) electrons. The van der Waals surface area contributed by atoms with Crippen LogP contribution in [-0.2, 0) is 9.47 Å². The molecule has 0 N–H and O–H groups in total. The molecule has 0 bridgehead atoms. The van der Waals surface area contributed by atoms with Crippen LogP contribution in [0, 0.1) is 11.8 Å². The number of methoxy groups -OCH3 is 1. The number of benzene rings is 1. The van der Waals surface area contributed by atoms with E-state index < -0.39 is 0 Å². The Bertz CT molecular complexity index is 426. The zero-order valence-electron chi connectivity index (χ0n) is 12.5. The molecule has 1 heterocycles. The molecule has 3 nitrogen and oxygen atoms in total. The third kappa shape index (κ3) is 3.41. The third-order valence-corrected chi connectivity index (χ3v) is 3.84. The molecule has 0 aromatic heterocycles. The summed E-state index contributed by atoms with van der Waals surface area (Å²) in [6, 6.07) is 7.86. The molecule has 1 unspecified atom stereocenters. The van der Waals surface area contributed by atoms with Gasteiger partial charge in [-0.3, -0.25) is 0 Å². The van der Waals surface area contributed by atoms with E-state index in [-0.39, 0.29) is 12.4 Å². The Morgan fingerprint density at radius 2 is 2.10 bits per heavy atom. The minimum absolute atomic E-state index is 0.203. The van der Waals surface area contributed by atoms with Gasteiger partial charge in [0.15, 0.2) is 6.29 Å². The van der Waals surface area contributed by atoms with Crippen LogP contribution in [0.1, 0.15) is 32.1 Å². The van der Waals surface area contributed by atoms with E-state index in [0.29, 0.717) is 11.8 Å². The van der Waals surface area contributed by atoms with Gasteiger partial charge in [0.1, 0.15) is 5.75 Å². The fourth-order valence-electron chi connectivity index (χ4n) is 2.68. The maximum absolute atomic E-state index is 6.16. The van der Waals surface area contributed by atoms with Gasteiger partial charge in [-0.15, -0.1) is 6.58 Å². The molecule has 1 saturated heterocycles. The summed E-state index contributed by atoms with van der Waals surface area (Å²) in [4.78, 5) is 0. The molecule has 1 aliphatic heterocycles. The molecule has 1 fully saturated rings. The summed E-state index contributed by atoms with van der Waals surface area (Å²) < 4.78 is 17.2. The summed E-state index contributed by atoms with van der Waals surface area (Å²) in [6.45, 7) is 8.92. The quantitative estimate of drug-likeness (QED) is 0.762. The van der Waals surface area contributed by atoms with E-state index in [1.165, 1.54) is 0 Å².